The first kappa shape index (κ1) is 20.2. The third kappa shape index (κ3) is 3.48. The number of benzene rings is 2. The Morgan fingerprint density at radius 2 is 1.43 bits per heavy atom. The number of aromatic carboxylic acids is 1. The van der Waals surface area contributed by atoms with Crippen LogP contribution in [0.25, 0.3) is 5.57 Å². The number of alkyl halides is 2. The summed E-state index contributed by atoms with van der Waals surface area (Å²) in [7, 11) is 0. The number of fused-ring (bicyclic) bond motifs is 1. The van der Waals surface area contributed by atoms with Crippen molar-refractivity contribution in [3.05, 3.63) is 76.4 Å². The molecule has 0 amide bonds. The van der Waals surface area contributed by atoms with Gasteiger partial charge in [0.25, 0.3) is 6.43 Å². The van der Waals surface area contributed by atoms with Crippen LogP contribution in [-0.4, -0.2) is 11.1 Å². The van der Waals surface area contributed by atoms with Crippen LogP contribution in [0.4, 0.5) is 8.78 Å². The molecule has 3 rings (SSSR count). The summed E-state index contributed by atoms with van der Waals surface area (Å²) >= 11 is 0. The van der Waals surface area contributed by atoms with Crippen LogP contribution in [0.2, 0.25) is 0 Å². The monoisotopic (exact) mass is 384 g/mol. The second kappa shape index (κ2) is 6.84. The molecule has 0 atom stereocenters. The highest BCUT2D eigenvalue weighted by molar-refractivity contribution is 5.89. The van der Waals surface area contributed by atoms with Crippen LogP contribution in [0, 0.1) is 0 Å². The Bertz CT molecular complexity index is 938. The second-order valence-corrected chi connectivity index (χ2v) is 8.91. The van der Waals surface area contributed by atoms with E-state index in [-0.39, 0.29) is 22.0 Å². The maximum Gasteiger partial charge on any atom is 0.335 e. The molecule has 1 aliphatic rings. The fourth-order valence-corrected chi connectivity index (χ4v) is 4.04. The van der Waals surface area contributed by atoms with Crippen LogP contribution >= 0.6 is 0 Å². The molecule has 148 valence electrons. The van der Waals surface area contributed by atoms with Crippen molar-refractivity contribution in [2.45, 2.75) is 57.8 Å². The van der Waals surface area contributed by atoms with Crippen LogP contribution in [0.15, 0.2) is 43.0 Å². The van der Waals surface area contributed by atoms with E-state index in [0.29, 0.717) is 16.7 Å². The summed E-state index contributed by atoms with van der Waals surface area (Å²) in [5.74, 6) is -1.02. The Morgan fingerprint density at radius 3 is 1.89 bits per heavy atom. The predicted octanol–water partition coefficient (Wildman–Crippen LogP) is 6.73. The van der Waals surface area contributed by atoms with Gasteiger partial charge in [-0.15, -0.1) is 0 Å². The number of carboxylic acids is 1. The van der Waals surface area contributed by atoms with Gasteiger partial charge in [0.2, 0.25) is 0 Å². The van der Waals surface area contributed by atoms with Crippen molar-refractivity contribution in [1.29, 1.82) is 0 Å². The number of rotatable bonds is 4. The maximum absolute atomic E-state index is 14.0. The molecule has 0 aromatic heterocycles. The van der Waals surface area contributed by atoms with E-state index in [2.05, 4.69) is 34.3 Å². The van der Waals surface area contributed by atoms with Gasteiger partial charge in [0.1, 0.15) is 0 Å². The molecule has 0 saturated carbocycles. The number of carbonyl (C=O) groups is 1. The largest absolute Gasteiger partial charge is 0.478 e. The zero-order valence-corrected chi connectivity index (χ0v) is 16.8. The Kier molecular flexibility index (Phi) is 4.95. The van der Waals surface area contributed by atoms with E-state index in [1.807, 2.05) is 6.07 Å². The molecule has 2 nitrogen and oxygen atoms in total. The summed E-state index contributed by atoms with van der Waals surface area (Å²) in [6, 6.07) is 9.72. The van der Waals surface area contributed by atoms with Gasteiger partial charge in [-0.1, -0.05) is 46.4 Å². The van der Waals surface area contributed by atoms with Crippen LogP contribution in [0.5, 0.6) is 0 Å². The minimum absolute atomic E-state index is 0.0168. The molecule has 0 unspecified atom stereocenters. The lowest BCUT2D eigenvalue weighted by molar-refractivity contribution is 0.0697. The first-order valence-corrected chi connectivity index (χ1v) is 9.44. The van der Waals surface area contributed by atoms with Crippen molar-refractivity contribution in [3.8, 4) is 0 Å². The molecule has 0 bridgehead atoms. The van der Waals surface area contributed by atoms with E-state index in [9.17, 15) is 13.6 Å². The molecule has 1 N–H and O–H groups in total. The highest BCUT2D eigenvalue weighted by atomic mass is 19.3. The molecule has 0 radical (unpaired) electrons. The lowest BCUT2D eigenvalue weighted by atomic mass is 9.62. The SMILES string of the molecule is C=C(c1ccc(C(=O)O)cc1)c1cc2c(cc1C(F)F)C(C)(C)CCC2(C)C. The third-order valence-electron chi connectivity index (χ3n) is 6.06. The molecule has 2 aromatic carbocycles. The van der Waals surface area contributed by atoms with Gasteiger partial charge in [0.05, 0.1) is 5.56 Å². The average molecular weight is 384 g/mol. The van der Waals surface area contributed by atoms with Gasteiger partial charge in [-0.2, -0.15) is 0 Å². The number of halogens is 2. The average Bonchev–Trinajstić information content (AvgIpc) is 2.64. The van der Waals surface area contributed by atoms with Crippen molar-refractivity contribution in [1.82, 2.24) is 0 Å². The molecule has 1 aliphatic carbocycles. The van der Waals surface area contributed by atoms with Gasteiger partial charge >= 0.3 is 5.97 Å². The Balaban J connectivity index is 2.17. The number of hydrogen-bond acceptors (Lipinski definition) is 1. The van der Waals surface area contributed by atoms with Crippen LogP contribution < -0.4 is 0 Å². The zero-order chi connectivity index (χ0) is 20.9. The van der Waals surface area contributed by atoms with E-state index in [4.69, 9.17) is 5.11 Å². The molecule has 2 aromatic rings. The Labute approximate surface area is 164 Å². The summed E-state index contributed by atoms with van der Waals surface area (Å²) in [4.78, 5) is 11.1. The van der Waals surface area contributed by atoms with Crippen molar-refractivity contribution < 1.29 is 18.7 Å². The fraction of sp³-hybridized carbons (Fsp3) is 0.375. The number of carboxylic acid groups (broad SMARTS) is 1. The molecular formula is C24H26F2O2. The first-order valence-electron chi connectivity index (χ1n) is 9.44. The van der Waals surface area contributed by atoms with E-state index < -0.39 is 12.4 Å². The minimum Gasteiger partial charge on any atom is -0.478 e. The molecule has 0 fully saturated rings. The quantitative estimate of drug-likeness (QED) is 0.634. The Morgan fingerprint density at radius 1 is 0.964 bits per heavy atom. The summed E-state index contributed by atoms with van der Waals surface area (Å²) in [6.45, 7) is 12.6. The summed E-state index contributed by atoms with van der Waals surface area (Å²) < 4.78 is 27.9. The summed E-state index contributed by atoms with van der Waals surface area (Å²) in [5.41, 5.74) is 3.50. The lowest BCUT2D eigenvalue weighted by Gasteiger charge is -2.42. The molecule has 0 spiro atoms. The number of hydrogen-bond donors (Lipinski definition) is 1. The topological polar surface area (TPSA) is 37.3 Å². The van der Waals surface area contributed by atoms with Crippen LogP contribution in [-0.2, 0) is 10.8 Å². The minimum atomic E-state index is -2.61. The van der Waals surface area contributed by atoms with Crippen molar-refractivity contribution in [2.75, 3.05) is 0 Å². The van der Waals surface area contributed by atoms with E-state index in [1.54, 1.807) is 18.2 Å². The van der Waals surface area contributed by atoms with Gasteiger partial charge < -0.3 is 5.11 Å². The smallest absolute Gasteiger partial charge is 0.335 e. The highest BCUT2D eigenvalue weighted by Gasteiger charge is 2.38. The Hall–Kier alpha value is -2.49. The van der Waals surface area contributed by atoms with E-state index in [0.717, 1.165) is 24.0 Å². The second-order valence-electron chi connectivity index (χ2n) is 8.91. The lowest BCUT2D eigenvalue weighted by Crippen LogP contribution is -2.34. The molecule has 0 aliphatic heterocycles. The molecule has 0 heterocycles. The van der Waals surface area contributed by atoms with Gasteiger partial charge in [0.15, 0.2) is 0 Å². The highest BCUT2D eigenvalue weighted by Crippen LogP contribution is 2.48. The van der Waals surface area contributed by atoms with Crippen LogP contribution in [0.1, 0.15) is 85.1 Å². The van der Waals surface area contributed by atoms with Crippen LogP contribution in [0.3, 0.4) is 0 Å². The summed E-state index contributed by atoms with van der Waals surface area (Å²) in [6.07, 6.45) is -0.677. The van der Waals surface area contributed by atoms with Gasteiger partial charge in [0, 0.05) is 5.56 Å². The van der Waals surface area contributed by atoms with Crippen molar-refractivity contribution >= 4 is 11.5 Å². The third-order valence-corrected chi connectivity index (χ3v) is 6.06. The fourth-order valence-electron chi connectivity index (χ4n) is 4.04. The molecule has 28 heavy (non-hydrogen) atoms. The molecule has 4 heteroatoms. The van der Waals surface area contributed by atoms with Gasteiger partial charge in [-0.25, -0.2) is 13.6 Å². The van der Waals surface area contributed by atoms with Crippen molar-refractivity contribution in [3.63, 3.8) is 0 Å². The van der Waals surface area contributed by atoms with Gasteiger partial charge in [-0.05, 0) is 75.8 Å². The van der Waals surface area contributed by atoms with Crippen molar-refractivity contribution in [2.24, 2.45) is 0 Å². The predicted molar refractivity (Wildman–Crippen MR) is 108 cm³/mol. The zero-order valence-electron chi connectivity index (χ0n) is 16.8. The molecular weight excluding hydrogens is 358 g/mol. The first-order chi connectivity index (χ1) is 12.9. The standard InChI is InChI=1S/C24H26F2O2/c1-14(15-6-8-16(9-7-15)22(27)28)17-12-19-20(13-18(17)21(25)26)24(4,5)11-10-23(19,2)3/h6-9,12-13,21H,1,10-11H2,2-5H3,(H,27,28). The summed E-state index contributed by atoms with van der Waals surface area (Å²) in [5, 5.41) is 9.07. The van der Waals surface area contributed by atoms with E-state index >= 15 is 0 Å². The maximum atomic E-state index is 14.0. The normalized spacial score (nSPS) is 17.2. The molecule has 0 saturated heterocycles. The van der Waals surface area contributed by atoms with E-state index in [1.165, 1.54) is 12.1 Å². The van der Waals surface area contributed by atoms with Gasteiger partial charge in [-0.3, -0.25) is 0 Å².